The molecule has 0 amide bonds. The van der Waals surface area contributed by atoms with Crippen LogP contribution in [-0.2, 0) is 0 Å². The molecular formula is C10H13Cl2N5. The van der Waals surface area contributed by atoms with E-state index in [1.165, 1.54) is 0 Å². The predicted octanol–water partition coefficient (Wildman–Crippen LogP) is 1.28. The average molecular weight is 274 g/mol. The first-order valence-electron chi connectivity index (χ1n) is 4.84. The maximum absolute atomic E-state index is 5.92. The van der Waals surface area contributed by atoms with Crippen LogP contribution in [0.1, 0.15) is 12.5 Å². The first kappa shape index (κ1) is 13.8. The molecule has 2 rings (SSSR count). The Morgan fingerprint density at radius 2 is 2.24 bits per heavy atom. The largest absolute Gasteiger partial charge is 0.293 e. The van der Waals surface area contributed by atoms with Gasteiger partial charge in [-0.1, -0.05) is 23.7 Å². The van der Waals surface area contributed by atoms with Gasteiger partial charge in [0.25, 0.3) is 0 Å². The number of guanidine groups is 1. The van der Waals surface area contributed by atoms with E-state index in [1.54, 1.807) is 0 Å². The number of hydrazone groups is 1. The minimum absolute atomic E-state index is 0. The van der Waals surface area contributed by atoms with E-state index in [0.29, 0.717) is 11.0 Å². The molecular weight excluding hydrogens is 261 g/mol. The number of rotatable bonds is 1. The minimum Gasteiger partial charge on any atom is -0.293 e. The van der Waals surface area contributed by atoms with Crippen LogP contribution in [0.3, 0.4) is 0 Å². The number of hydrazine groups is 1. The second-order valence-electron chi connectivity index (χ2n) is 3.42. The van der Waals surface area contributed by atoms with Gasteiger partial charge in [-0.3, -0.25) is 5.43 Å². The van der Waals surface area contributed by atoms with Crippen molar-refractivity contribution in [2.75, 3.05) is 0 Å². The van der Waals surface area contributed by atoms with Gasteiger partial charge >= 0.3 is 0 Å². The van der Waals surface area contributed by atoms with Crippen molar-refractivity contribution in [2.24, 2.45) is 15.9 Å². The normalized spacial score (nSPS) is 18.4. The Hall–Kier alpha value is -1.30. The van der Waals surface area contributed by atoms with Crippen LogP contribution in [0.25, 0.3) is 0 Å². The van der Waals surface area contributed by atoms with E-state index >= 15 is 0 Å². The summed E-state index contributed by atoms with van der Waals surface area (Å²) in [5.41, 5.74) is 6.94. The van der Waals surface area contributed by atoms with Crippen LogP contribution < -0.4 is 16.7 Å². The first-order valence-corrected chi connectivity index (χ1v) is 5.22. The molecule has 0 bridgehead atoms. The highest BCUT2D eigenvalue weighted by molar-refractivity contribution is 6.31. The molecule has 1 aliphatic rings. The smallest absolute Gasteiger partial charge is 0.227 e. The van der Waals surface area contributed by atoms with E-state index in [1.807, 2.05) is 31.2 Å². The number of hydrogen-bond donors (Lipinski definition) is 3. The van der Waals surface area contributed by atoms with Crippen LogP contribution in [0.15, 0.2) is 34.4 Å². The molecule has 0 fully saturated rings. The Kier molecular flexibility index (Phi) is 4.74. The molecule has 1 aliphatic heterocycles. The Bertz CT molecular complexity index is 458. The zero-order valence-electron chi connectivity index (χ0n) is 9.14. The number of nitrogens with two attached hydrogens (primary N) is 1. The molecule has 1 aromatic rings. The maximum atomic E-state index is 5.92. The SMILES string of the molecule is CC1N=C(NN)NN=C1c1cccc(Cl)c1.Cl. The van der Waals surface area contributed by atoms with E-state index in [0.717, 1.165) is 11.3 Å². The summed E-state index contributed by atoms with van der Waals surface area (Å²) in [6.45, 7) is 1.94. The fourth-order valence-corrected chi connectivity index (χ4v) is 1.70. The highest BCUT2D eigenvalue weighted by atomic mass is 35.5. The molecule has 0 radical (unpaired) electrons. The molecule has 7 heteroatoms. The van der Waals surface area contributed by atoms with E-state index in [2.05, 4.69) is 20.9 Å². The number of benzene rings is 1. The molecule has 92 valence electrons. The number of nitrogens with zero attached hydrogens (tertiary/aromatic N) is 2. The van der Waals surface area contributed by atoms with Gasteiger partial charge < -0.3 is 0 Å². The molecule has 0 saturated heterocycles. The molecule has 17 heavy (non-hydrogen) atoms. The van der Waals surface area contributed by atoms with Gasteiger partial charge in [-0.25, -0.2) is 16.3 Å². The molecule has 0 spiro atoms. The van der Waals surface area contributed by atoms with Crippen LogP contribution in [0, 0.1) is 0 Å². The van der Waals surface area contributed by atoms with Gasteiger partial charge in [0.1, 0.15) is 0 Å². The zero-order valence-corrected chi connectivity index (χ0v) is 10.7. The number of aliphatic imine (C=N–C) groups is 1. The highest BCUT2D eigenvalue weighted by Crippen LogP contribution is 2.15. The lowest BCUT2D eigenvalue weighted by Gasteiger charge is -2.18. The van der Waals surface area contributed by atoms with E-state index in [9.17, 15) is 0 Å². The first-order chi connectivity index (χ1) is 7.70. The summed E-state index contributed by atoms with van der Waals surface area (Å²) in [6.07, 6.45) is 0. The van der Waals surface area contributed by atoms with Crippen molar-refractivity contribution in [3.8, 4) is 0 Å². The third-order valence-corrected chi connectivity index (χ3v) is 2.49. The molecule has 1 heterocycles. The Balaban J connectivity index is 0.00000144. The molecule has 0 saturated carbocycles. The zero-order chi connectivity index (χ0) is 11.5. The van der Waals surface area contributed by atoms with Crippen LogP contribution in [0.2, 0.25) is 5.02 Å². The van der Waals surface area contributed by atoms with Crippen LogP contribution in [0.5, 0.6) is 0 Å². The van der Waals surface area contributed by atoms with Gasteiger partial charge in [-0.2, -0.15) is 5.10 Å². The van der Waals surface area contributed by atoms with Gasteiger partial charge in [0.2, 0.25) is 5.96 Å². The third kappa shape index (κ3) is 3.09. The second-order valence-corrected chi connectivity index (χ2v) is 3.85. The summed E-state index contributed by atoms with van der Waals surface area (Å²) in [5, 5.41) is 4.89. The highest BCUT2D eigenvalue weighted by Gasteiger charge is 2.17. The fraction of sp³-hybridized carbons (Fsp3) is 0.200. The lowest BCUT2D eigenvalue weighted by molar-refractivity contribution is 0.809. The van der Waals surface area contributed by atoms with Crippen molar-refractivity contribution in [1.29, 1.82) is 0 Å². The van der Waals surface area contributed by atoms with Gasteiger partial charge in [-0.15, -0.1) is 12.4 Å². The predicted molar refractivity (Wildman–Crippen MR) is 72.6 cm³/mol. The molecule has 1 atom stereocenters. The van der Waals surface area contributed by atoms with Crippen LogP contribution in [-0.4, -0.2) is 17.7 Å². The van der Waals surface area contributed by atoms with E-state index in [4.69, 9.17) is 17.4 Å². The third-order valence-electron chi connectivity index (χ3n) is 2.26. The van der Waals surface area contributed by atoms with E-state index in [-0.39, 0.29) is 18.4 Å². The topological polar surface area (TPSA) is 74.8 Å². The lowest BCUT2D eigenvalue weighted by atomic mass is 10.0. The Morgan fingerprint density at radius 1 is 1.47 bits per heavy atom. The van der Waals surface area contributed by atoms with Gasteiger partial charge in [0.15, 0.2) is 0 Å². The summed E-state index contributed by atoms with van der Waals surface area (Å²) >= 11 is 5.92. The van der Waals surface area contributed by atoms with Crippen molar-refractivity contribution >= 4 is 35.7 Å². The molecule has 0 aromatic heterocycles. The van der Waals surface area contributed by atoms with Crippen LogP contribution in [0.4, 0.5) is 0 Å². The number of halogens is 2. The summed E-state index contributed by atoms with van der Waals surface area (Å²) in [5.74, 6) is 5.70. The Labute approximate surface area is 111 Å². The minimum atomic E-state index is -0.0641. The van der Waals surface area contributed by atoms with Crippen LogP contribution >= 0.6 is 24.0 Å². The van der Waals surface area contributed by atoms with Crippen molar-refractivity contribution in [1.82, 2.24) is 10.9 Å². The maximum Gasteiger partial charge on any atom is 0.227 e. The van der Waals surface area contributed by atoms with Gasteiger partial charge in [-0.05, 0) is 19.1 Å². The quantitative estimate of drug-likeness (QED) is 0.533. The van der Waals surface area contributed by atoms with Gasteiger partial charge in [0, 0.05) is 10.6 Å². The van der Waals surface area contributed by atoms with Crippen molar-refractivity contribution in [3.63, 3.8) is 0 Å². The molecule has 4 N–H and O–H groups in total. The van der Waals surface area contributed by atoms with Gasteiger partial charge in [0.05, 0.1) is 11.8 Å². The standard InChI is InChI=1S/C10H12ClN5.ClH/c1-6-9(15-16-10(13-6)14-12)7-3-2-4-8(11)5-7;/h2-6H,12H2,1H3,(H2,13,14,16);1H. The summed E-state index contributed by atoms with van der Waals surface area (Å²) in [7, 11) is 0. The molecule has 1 aromatic carbocycles. The molecule has 1 unspecified atom stereocenters. The lowest BCUT2D eigenvalue weighted by Crippen LogP contribution is -2.44. The summed E-state index contributed by atoms with van der Waals surface area (Å²) < 4.78 is 0. The monoisotopic (exact) mass is 273 g/mol. The molecule has 5 nitrogen and oxygen atoms in total. The number of hydrogen-bond acceptors (Lipinski definition) is 5. The summed E-state index contributed by atoms with van der Waals surface area (Å²) in [4.78, 5) is 4.28. The second kappa shape index (κ2) is 5.86. The summed E-state index contributed by atoms with van der Waals surface area (Å²) in [6, 6.07) is 7.44. The average Bonchev–Trinajstić information content (AvgIpc) is 2.28. The fourth-order valence-electron chi connectivity index (χ4n) is 1.51. The Morgan fingerprint density at radius 3 is 2.82 bits per heavy atom. The molecule has 0 aliphatic carbocycles. The van der Waals surface area contributed by atoms with E-state index < -0.39 is 0 Å². The van der Waals surface area contributed by atoms with Crippen molar-refractivity contribution in [3.05, 3.63) is 34.9 Å². The van der Waals surface area contributed by atoms with Crippen molar-refractivity contribution in [2.45, 2.75) is 13.0 Å². The number of nitrogens with one attached hydrogen (secondary N) is 2. The van der Waals surface area contributed by atoms with Crippen molar-refractivity contribution < 1.29 is 0 Å².